The second-order valence-corrected chi connectivity index (χ2v) is 7.41. The average Bonchev–Trinajstić information content (AvgIpc) is 1.95. The zero-order valence-electron chi connectivity index (χ0n) is 10.6. The quantitative estimate of drug-likeness (QED) is 0.759. The van der Waals surface area contributed by atoms with Gasteiger partial charge in [0.05, 0.1) is 0 Å². The van der Waals surface area contributed by atoms with Crippen molar-refractivity contribution in [3.05, 3.63) is 0 Å². The first kappa shape index (κ1) is 14.8. The molecule has 0 aromatic rings. The molecular formula is C11H23NO2S. The summed E-state index contributed by atoms with van der Waals surface area (Å²) in [6.45, 7) is 11.8. The maximum atomic E-state index is 11.5. The Morgan fingerprint density at radius 1 is 1.27 bits per heavy atom. The molecule has 0 aliphatic carbocycles. The summed E-state index contributed by atoms with van der Waals surface area (Å²) in [5.74, 6) is 0.276. The second-order valence-electron chi connectivity index (χ2n) is 5.56. The van der Waals surface area contributed by atoms with Crippen molar-refractivity contribution < 1.29 is 9.53 Å². The Hall–Kier alpha value is -0.220. The number of hydrogen-bond acceptors (Lipinski definition) is 4. The van der Waals surface area contributed by atoms with Gasteiger partial charge < -0.3 is 10.5 Å². The summed E-state index contributed by atoms with van der Waals surface area (Å²) in [5.41, 5.74) is 5.28. The fourth-order valence-corrected chi connectivity index (χ4v) is 1.60. The summed E-state index contributed by atoms with van der Waals surface area (Å²) < 4.78 is 5.31. The standard InChI is InChI=1S/C11H23NO2S/c1-10(2,3)14-9(13)8(12)7-15-11(4,5)6/h8H,7,12H2,1-6H3/t8-/m0/s1. The van der Waals surface area contributed by atoms with Crippen molar-refractivity contribution in [3.8, 4) is 0 Å². The maximum absolute atomic E-state index is 11.5. The van der Waals surface area contributed by atoms with E-state index in [1.807, 2.05) is 20.8 Å². The lowest BCUT2D eigenvalue weighted by molar-refractivity contribution is -0.155. The summed E-state index contributed by atoms with van der Waals surface area (Å²) in [7, 11) is 0. The molecule has 4 heteroatoms. The molecule has 3 nitrogen and oxygen atoms in total. The van der Waals surface area contributed by atoms with Crippen LogP contribution >= 0.6 is 11.8 Å². The molecule has 0 unspecified atom stereocenters. The van der Waals surface area contributed by atoms with Crippen LogP contribution in [0.3, 0.4) is 0 Å². The van der Waals surface area contributed by atoms with Gasteiger partial charge in [-0.1, -0.05) is 20.8 Å². The first-order valence-corrected chi connectivity index (χ1v) is 6.12. The van der Waals surface area contributed by atoms with Crippen molar-refractivity contribution in [2.45, 2.75) is 57.9 Å². The molecule has 0 radical (unpaired) electrons. The summed E-state index contributed by atoms with van der Waals surface area (Å²) >= 11 is 1.67. The number of carbonyl (C=O) groups is 1. The summed E-state index contributed by atoms with van der Waals surface area (Å²) in [6, 6.07) is -0.534. The highest BCUT2D eigenvalue weighted by Gasteiger charge is 2.23. The number of ether oxygens (including phenoxy) is 1. The fourth-order valence-electron chi connectivity index (χ4n) is 0.785. The van der Waals surface area contributed by atoms with E-state index in [2.05, 4.69) is 20.8 Å². The van der Waals surface area contributed by atoms with E-state index in [1.54, 1.807) is 11.8 Å². The number of carbonyl (C=O) groups excluding carboxylic acids is 1. The molecule has 15 heavy (non-hydrogen) atoms. The van der Waals surface area contributed by atoms with Crippen LogP contribution in [0.15, 0.2) is 0 Å². The molecule has 0 aromatic heterocycles. The van der Waals surface area contributed by atoms with Crippen LogP contribution in [0.5, 0.6) is 0 Å². The Bertz CT molecular complexity index is 216. The fraction of sp³-hybridized carbons (Fsp3) is 0.909. The van der Waals surface area contributed by atoms with Crippen molar-refractivity contribution in [1.82, 2.24) is 0 Å². The Balaban J connectivity index is 4.01. The van der Waals surface area contributed by atoms with Crippen LogP contribution < -0.4 is 5.73 Å². The minimum atomic E-state index is -0.534. The molecule has 0 aromatic carbocycles. The van der Waals surface area contributed by atoms with Gasteiger partial charge in [-0.3, -0.25) is 4.79 Å². The lowest BCUT2D eigenvalue weighted by atomic mass is 10.2. The van der Waals surface area contributed by atoms with Crippen LogP contribution in [-0.4, -0.2) is 28.1 Å². The molecule has 0 bridgehead atoms. The third kappa shape index (κ3) is 8.75. The molecule has 0 amide bonds. The van der Waals surface area contributed by atoms with Gasteiger partial charge in [-0.05, 0) is 20.8 Å². The van der Waals surface area contributed by atoms with Crippen LogP contribution in [0, 0.1) is 0 Å². The van der Waals surface area contributed by atoms with Gasteiger partial charge >= 0.3 is 5.97 Å². The molecule has 0 rings (SSSR count). The zero-order chi connectivity index (χ0) is 12.3. The van der Waals surface area contributed by atoms with E-state index in [0.29, 0.717) is 5.75 Å². The Morgan fingerprint density at radius 2 is 1.73 bits per heavy atom. The van der Waals surface area contributed by atoms with E-state index in [1.165, 1.54) is 0 Å². The number of hydrogen-bond donors (Lipinski definition) is 1. The Kier molecular flexibility index (Phi) is 5.14. The van der Waals surface area contributed by atoms with E-state index in [4.69, 9.17) is 10.5 Å². The topological polar surface area (TPSA) is 52.3 Å². The van der Waals surface area contributed by atoms with Crippen LogP contribution in [0.1, 0.15) is 41.5 Å². The minimum absolute atomic E-state index is 0.125. The average molecular weight is 233 g/mol. The SMILES string of the molecule is CC(C)(C)OC(=O)[C@@H](N)CSC(C)(C)C. The molecule has 0 spiro atoms. The second kappa shape index (κ2) is 5.21. The molecule has 0 heterocycles. The van der Waals surface area contributed by atoms with Gasteiger partial charge in [-0.2, -0.15) is 11.8 Å². The monoisotopic (exact) mass is 233 g/mol. The third-order valence-electron chi connectivity index (χ3n) is 1.41. The molecule has 1 atom stereocenters. The molecule has 0 aliphatic rings. The largest absolute Gasteiger partial charge is 0.459 e. The first-order valence-electron chi connectivity index (χ1n) is 5.14. The zero-order valence-corrected chi connectivity index (χ0v) is 11.4. The van der Waals surface area contributed by atoms with Crippen molar-refractivity contribution in [1.29, 1.82) is 0 Å². The predicted molar refractivity (Wildman–Crippen MR) is 66.0 cm³/mol. The highest BCUT2D eigenvalue weighted by Crippen LogP contribution is 2.23. The maximum Gasteiger partial charge on any atom is 0.324 e. The molecule has 0 saturated carbocycles. The molecule has 2 N–H and O–H groups in total. The van der Waals surface area contributed by atoms with Crippen molar-refractivity contribution in [3.63, 3.8) is 0 Å². The molecule has 0 aliphatic heterocycles. The number of rotatable bonds is 3. The molecule has 0 saturated heterocycles. The van der Waals surface area contributed by atoms with Gasteiger partial charge in [-0.15, -0.1) is 0 Å². The van der Waals surface area contributed by atoms with E-state index < -0.39 is 11.6 Å². The van der Waals surface area contributed by atoms with Gasteiger partial charge in [0.1, 0.15) is 11.6 Å². The van der Waals surface area contributed by atoms with Gasteiger partial charge in [0.15, 0.2) is 0 Å². The normalized spacial score (nSPS) is 14.9. The van der Waals surface area contributed by atoms with E-state index in [9.17, 15) is 4.79 Å². The van der Waals surface area contributed by atoms with Gasteiger partial charge in [-0.25, -0.2) is 0 Å². The molecule has 90 valence electrons. The highest BCUT2D eigenvalue weighted by molar-refractivity contribution is 8.00. The van der Waals surface area contributed by atoms with Crippen LogP contribution in [0.2, 0.25) is 0 Å². The van der Waals surface area contributed by atoms with Crippen LogP contribution in [0.4, 0.5) is 0 Å². The Labute approximate surface area is 97.1 Å². The van der Waals surface area contributed by atoms with Gasteiger partial charge in [0, 0.05) is 10.5 Å². The minimum Gasteiger partial charge on any atom is -0.459 e. The van der Waals surface area contributed by atoms with E-state index >= 15 is 0 Å². The van der Waals surface area contributed by atoms with Crippen molar-refractivity contribution in [2.24, 2.45) is 5.73 Å². The van der Waals surface area contributed by atoms with E-state index in [-0.39, 0.29) is 10.7 Å². The number of nitrogens with two attached hydrogens (primary N) is 1. The number of esters is 1. The number of thioether (sulfide) groups is 1. The van der Waals surface area contributed by atoms with Crippen LogP contribution in [0.25, 0.3) is 0 Å². The highest BCUT2D eigenvalue weighted by atomic mass is 32.2. The van der Waals surface area contributed by atoms with Gasteiger partial charge in [0.2, 0.25) is 0 Å². The third-order valence-corrected chi connectivity index (χ3v) is 2.80. The van der Waals surface area contributed by atoms with Crippen LogP contribution in [-0.2, 0) is 9.53 Å². The lowest BCUT2D eigenvalue weighted by Gasteiger charge is -2.24. The van der Waals surface area contributed by atoms with Crippen molar-refractivity contribution in [2.75, 3.05) is 5.75 Å². The van der Waals surface area contributed by atoms with Gasteiger partial charge in [0.25, 0.3) is 0 Å². The Morgan fingerprint density at radius 3 is 2.07 bits per heavy atom. The summed E-state index contributed by atoms with van der Waals surface area (Å²) in [5, 5.41) is 0. The molecular weight excluding hydrogens is 210 g/mol. The smallest absolute Gasteiger partial charge is 0.324 e. The predicted octanol–water partition coefficient (Wildman–Crippen LogP) is 2.19. The summed E-state index contributed by atoms with van der Waals surface area (Å²) in [4.78, 5) is 11.5. The summed E-state index contributed by atoms with van der Waals surface area (Å²) in [6.07, 6.45) is 0. The van der Waals surface area contributed by atoms with Crippen molar-refractivity contribution >= 4 is 17.7 Å². The van der Waals surface area contributed by atoms with E-state index in [0.717, 1.165) is 0 Å². The lowest BCUT2D eigenvalue weighted by Crippen LogP contribution is -2.39. The first-order chi connectivity index (χ1) is 6.51. The molecule has 0 fully saturated rings.